The maximum Gasteiger partial charge on any atom is 0.307 e. The maximum atomic E-state index is 11.5. The molecule has 0 radical (unpaired) electrons. The fourth-order valence-electron chi connectivity index (χ4n) is 2.30. The number of esters is 1. The van der Waals surface area contributed by atoms with Gasteiger partial charge >= 0.3 is 5.97 Å². The Bertz CT molecular complexity index is 448. The number of anilines is 1. The number of carbonyl (C=O) groups is 1. The molecule has 0 bridgehead atoms. The molecular formula is C13H16N2O3. The van der Waals surface area contributed by atoms with Crippen molar-refractivity contribution in [3.8, 4) is 0 Å². The van der Waals surface area contributed by atoms with Crippen LogP contribution in [0, 0.1) is 4.91 Å². The molecule has 1 aliphatic heterocycles. The summed E-state index contributed by atoms with van der Waals surface area (Å²) in [5.41, 5.74) is 1.89. The van der Waals surface area contributed by atoms with E-state index >= 15 is 0 Å². The van der Waals surface area contributed by atoms with Crippen molar-refractivity contribution in [2.45, 2.75) is 32.2 Å². The highest BCUT2D eigenvalue weighted by Crippen LogP contribution is 2.32. The zero-order valence-electron chi connectivity index (χ0n) is 10.3. The Morgan fingerprint density at radius 2 is 2.28 bits per heavy atom. The lowest BCUT2D eigenvalue weighted by Gasteiger charge is -2.31. The number of hydrogen-bond donors (Lipinski definition) is 0. The van der Waals surface area contributed by atoms with Crippen molar-refractivity contribution in [2.75, 3.05) is 11.6 Å². The largest absolute Gasteiger partial charge is 0.466 e. The van der Waals surface area contributed by atoms with E-state index in [2.05, 4.69) is 5.29 Å². The molecule has 1 aromatic rings. The second-order valence-electron chi connectivity index (χ2n) is 4.26. The van der Waals surface area contributed by atoms with Gasteiger partial charge in [0.1, 0.15) is 0 Å². The average molecular weight is 248 g/mol. The summed E-state index contributed by atoms with van der Waals surface area (Å²) >= 11 is 0. The highest BCUT2D eigenvalue weighted by atomic mass is 16.5. The topological polar surface area (TPSA) is 59.0 Å². The van der Waals surface area contributed by atoms with Gasteiger partial charge in [-0.3, -0.25) is 4.79 Å². The first-order valence-corrected chi connectivity index (χ1v) is 6.12. The van der Waals surface area contributed by atoms with Crippen molar-refractivity contribution in [2.24, 2.45) is 5.29 Å². The van der Waals surface area contributed by atoms with Gasteiger partial charge < -0.3 is 4.74 Å². The Kier molecular flexibility index (Phi) is 3.92. The number of hydrogen-bond acceptors (Lipinski definition) is 4. The van der Waals surface area contributed by atoms with Crippen LogP contribution in [0.4, 0.5) is 5.69 Å². The first-order valence-electron chi connectivity index (χ1n) is 6.12. The molecule has 1 unspecified atom stereocenters. The molecule has 0 aromatic heterocycles. The number of para-hydroxylation sites is 1. The van der Waals surface area contributed by atoms with Crippen molar-refractivity contribution in [3.05, 3.63) is 34.7 Å². The van der Waals surface area contributed by atoms with Crippen LogP contribution in [0.15, 0.2) is 29.6 Å². The molecule has 2 rings (SSSR count). The van der Waals surface area contributed by atoms with E-state index < -0.39 is 0 Å². The van der Waals surface area contributed by atoms with Gasteiger partial charge in [0.05, 0.1) is 30.0 Å². The van der Waals surface area contributed by atoms with Crippen LogP contribution in [-0.4, -0.2) is 18.6 Å². The van der Waals surface area contributed by atoms with E-state index in [1.165, 1.54) is 5.01 Å². The first kappa shape index (κ1) is 12.5. The molecule has 0 saturated heterocycles. The van der Waals surface area contributed by atoms with Crippen LogP contribution >= 0.6 is 0 Å². The molecule has 5 nitrogen and oxygen atoms in total. The van der Waals surface area contributed by atoms with Gasteiger partial charge in [0.2, 0.25) is 0 Å². The van der Waals surface area contributed by atoms with E-state index in [4.69, 9.17) is 4.74 Å². The van der Waals surface area contributed by atoms with Gasteiger partial charge in [-0.15, -0.1) is 4.91 Å². The van der Waals surface area contributed by atoms with Crippen LogP contribution in [0.2, 0.25) is 0 Å². The van der Waals surface area contributed by atoms with Gasteiger partial charge in [-0.05, 0) is 31.4 Å². The molecule has 18 heavy (non-hydrogen) atoms. The normalized spacial score (nSPS) is 18.1. The van der Waals surface area contributed by atoms with Crippen LogP contribution < -0.4 is 5.01 Å². The highest BCUT2D eigenvalue weighted by molar-refractivity contribution is 5.71. The molecule has 1 aromatic carbocycles. The van der Waals surface area contributed by atoms with E-state index in [9.17, 15) is 9.70 Å². The van der Waals surface area contributed by atoms with Gasteiger partial charge in [0.15, 0.2) is 0 Å². The molecule has 0 fully saturated rings. The zero-order valence-corrected chi connectivity index (χ0v) is 10.3. The lowest BCUT2D eigenvalue weighted by Crippen LogP contribution is -2.37. The van der Waals surface area contributed by atoms with Crippen molar-refractivity contribution in [1.29, 1.82) is 0 Å². The predicted octanol–water partition coefficient (Wildman–Crippen LogP) is 2.44. The van der Waals surface area contributed by atoms with Crippen LogP contribution in [0.25, 0.3) is 0 Å². The Balaban J connectivity index is 2.15. The summed E-state index contributed by atoms with van der Waals surface area (Å²) in [6.45, 7) is 2.13. The van der Waals surface area contributed by atoms with Gasteiger partial charge in [-0.2, -0.15) is 0 Å². The second kappa shape index (κ2) is 5.62. The van der Waals surface area contributed by atoms with Crippen molar-refractivity contribution in [1.82, 2.24) is 0 Å². The summed E-state index contributed by atoms with van der Waals surface area (Å²) in [6.07, 6.45) is 1.79. The average Bonchev–Trinajstić information content (AvgIpc) is 2.38. The molecule has 96 valence electrons. The zero-order chi connectivity index (χ0) is 13.0. The monoisotopic (exact) mass is 248 g/mol. The molecule has 1 aliphatic rings. The number of rotatable bonds is 4. The first-order chi connectivity index (χ1) is 8.76. The van der Waals surface area contributed by atoms with E-state index in [1.54, 1.807) is 6.92 Å². The summed E-state index contributed by atoms with van der Waals surface area (Å²) in [4.78, 5) is 22.5. The third-order valence-electron chi connectivity index (χ3n) is 3.13. The van der Waals surface area contributed by atoms with Gasteiger partial charge in [-0.25, -0.2) is 5.01 Å². The minimum atomic E-state index is -0.282. The maximum absolute atomic E-state index is 11.5. The summed E-state index contributed by atoms with van der Waals surface area (Å²) in [5.74, 6) is -0.282. The SMILES string of the molecule is CCOC(=O)CC1CCc2ccccc2N1N=O. The van der Waals surface area contributed by atoms with Crippen molar-refractivity contribution in [3.63, 3.8) is 0 Å². The number of carbonyl (C=O) groups excluding carboxylic acids is 1. The predicted molar refractivity (Wildman–Crippen MR) is 68.1 cm³/mol. The van der Waals surface area contributed by atoms with Crippen LogP contribution in [-0.2, 0) is 16.0 Å². The lowest BCUT2D eigenvalue weighted by atomic mass is 9.95. The van der Waals surface area contributed by atoms with E-state index in [0.717, 1.165) is 24.1 Å². The molecule has 5 heteroatoms. The third-order valence-corrected chi connectivity index (χ3v) is 3.13. The minimum Gasteiger partial charge on any atom is -0.466 e. The number of fused-ring (bicyclic) bond motifs is 1. The summed E-state index contributed by atoms with van der Waals surface area (Å²) < 4.78 is 4.92. The molecule has 0 spiro atoms. The Morgan fingerprint density at radius 3 is 3.00 bits per heavy atom. The number of nitroso groups, excluding NO2 is 1. The quantitative estimate of drug-likeness (QED) is 0.606. The van der Waals surface area contributed by atoms with Crippen LogP contribution in [0.5, 0.6) is 0 Å². The lowest BCUT2D eigenvalue weighted by molar-refractivity contribution is -0.143. The molecule has 0 aliphatic carbocycles. The molecule has 1 heterocycles. The molecule has 1 atom stereocenters. The van der Waals surface area contributed by atoms with E-state index in [0.29, 0.717) is 6.61 Å². The number of nitrogens with zero attached hydrogens (tertiary/aromatic N) is 2. The van der Waals surface area contributed by atoms with E-state index in [-0.39, 0.29) is 18.4 Å². The highest BCUT2D eigenvalue weighted by Gasteiger charge is 2.29. The van der Waals surface area contributed by atoms with Crippen molar-refractivity contribution < 1.29 is 9.53 Å². The molecular weight excluding hydrogens is 232 g/mol. The fourth-order valence-corrected chi connectivity index (χ4v) is 2.30. The summed E-state index contributed by atoms with van der Waals surface area (Å²) in [7, 11) is 0. The third kappa shape index (κ3) is 2.50. The van der Waals surface area contributed by atoms with E-state index in [1.807, 2.05) is 24.3 Å². The Hall–Kier alpha value is -1.91. The molecule has 0 saturated carbocycles. The minimum absolute atomic E-state index is 0.198. The smallest absolute Gasteiger partial charge is 0.307 e. The fraction of sp³-hybridized carbons (Fsp3) is 0.462. The van der Waals surface area contributed by atoms with Crippen molar-refractivity contribution >= 4 is 11.7 Å². The molecule has 0 amide bonds. The Morgan fingerprint density at radius 1 is 1.50 bits per heavy atom. The number of aryl methyl sites for hydroxylation is 1. The number of ether oxygens (including phenoxy) is 1. The van der Waals surface area contributed by atoms with Crippen LogP contribution in [0.3, 0.4) is 0 Å². The second-order valence-corrected chi connectivity index (χ2v) is 4.26. The Labute approximate surface area is 106 Å². The summed E-state index contributed by atoms with van der Waals surface area (Å²) in [5, 5.41) is 4.46. The standard InChI is InChI=1S/C13H16N2O3/c1-2-18-13(16)9-11-8-7-10-5-3-4-6-12(10)15(11)14-17/h3-6,11H,2,7-9H2,1H3. The van der Waals surface area contributed by atoms with Gasteiger partial charge in [0.25, 0.3) is 0 Å². The summed E-state index contributed by atoms with van der Waals surface area (Å²) in [6, 6.07) is 7.44. The van der Waals surface area contributed by atoms with Gasteiger partial charge in [-0.1, -0.05) is 18.2 Å². The van der Waals surface area contributed by atoms with Gasteiger partial charge in [0, 0.05) is 0 Å². The molecule has 0 N–H and O–H groups in total. The van der Waals surface area contributed by atoms with Crippen LogP contribution in [0.1, 0.15) is 25.3 Å². The number of benzene rings is 1.